The van der Waals surface area contributed by atoms with Gasteiger partial charge in [-0.05, 0) is 43.5 Å². The van der Waals surface area contributed by atoms with Crippen molar-refractivity contribution in [1.29, 1.82) is 0 Å². The summed E-state index contributed by atoms with van der Waals surface area (Å²) in [6, 6.07) is 3.18. The van der Waals surface area contributed by atoms with Gasteiger partial charge in [0, 0.05) is 17.0 Å². The molecule has 0 fully saturated rings. The minimum absolute atomic E-state index is 0.174. The molecule has 16 heavy (non-hydrogen) atoms. The first-order valence-electron chi connectivity index (χ1n) is 5.57. The second-order valence-electron chi connectivity index (χ2n) is 4.79. The van der Waals surface area contributed by atoms with Gasteiger partial charge in [-0.15, -0.1) is 0 Å². The van der Waals surface area contributed by atoms with Crippen LogP contribution in [0.2, 0.25) is 0 Å². The van der Waals surface area contributed by atoms with E-state index >= 15 is 0 Å². The molecule has 2 rings (SSSR count). The van der Waals surface area contributed by atoms with Crippen molar-refractivity contribution < 1.29 is 4.39 Å². The molecule has 0 aromatic heterocycles. The Bertz CT molecular complexity index is 451. The molecule has 3 heteroatoms. The Morgan fingerprint density at radius 3 is 2.75 bits per heavy atom. The zero-order valence-corrected chi connectivity index (χ0v) is 10.7. The molecule has 1 aliphatic rings. The van der Waals surface area contributed by atoms with Crippen LogP contribution >= 0.6 is 12.2 Å². The fourth-order valence-electron chi connectivity index (χ4n) is 2.12. The van der Waals surface area contributed by atoms with Crippen LogP contribution in [-0.2, 0) is 12.8 Å². The molecule has 0 atom stereocenters. The van der Waals surface area contributed by atoms with Crippen LogP contribution < -0.4 is 5.32 Å². The number of nitrogens with one attached hydrogen (secondary N) is 1. The molecule has 0 aliphatic carbocycles. The number of thiocarbonyl (C=S) groups is 1. The first-order chi connectivity index (χ1) is 7.44. The summed E-state index contributed by atoms with van der Waals surface area (Å²) in [6.45, 7) is 6.11. The normalized spacial score (nSPS) is 17.9. The van der Waals surface area contributed by atoms with Gasteiger partial charge in [0.05, 0.1) is 5.54 Å². The van der Waals surface area contributed by atoms with Crippen molar-refractivity contribution in [1.82, 2.24) is 0 Å². The molecule has 0 spiro atoms. The van der Waals surface area contributed by atoms with Gasteiger partial charge in [-0.25, -0.2) is 4.39 Å². The van der Waals surface area contributed by atoms with E-state index in [0.29, 0.717) is 0 Å². The van der Waals surface area contributed by atoms with Crippen molar-refractivity contribution in [2.24, 2.45) is 0 Å². The van der Waals surface area contributed by atoms with E-state index in [9.17, 15) is 4.39 Å². The summed E-state index contributed by atoms with van der Waals surface area (Å²) in [7, 11) is 0. The van der Waals surface area contributed by atoms with Crippen LogP contribution in [-0.4, -0.2) is 10.4 Å². The molecule has 1 aromatic carbocycles. The largest absolute Gasteiger partial charge is 0.375 e. The zero-order chi connectivity index (χ0) is 11.9. The molecule has 1 nitrogen and oxygen atoms in total. The van der Waals surface area contributed by atoms with Crippen LogP contribution in [0.15, 0.2) is 12.1 Å². The molecule has 1 N–H and O–H groups in total. The van der Waals surface area contributed by atoms with Gasteiger partial charge in [-0.3, -0.25) is 0 Å². The number of halogens is 1. The quantitative estimate of drug-likeness (QED) is 0.750. The molecule has 1 aliphatic heterocycles. The second-order valence-corrected chi connectivity index (χ2v) is 5.29. The maximum atomic E-state index is 13.4. The van der Waals surface area contributed by atoms with Crippen LogP contribution in [0.3, 0.4) is 0 Å². The molecule has 0 unspecified atom stereocenters. The van der Waals surface area contributed by atoms with E-state index in [4.69, 9.17) is 12.2 Å². The summed E-state index contributed by atoms with van der Waals surface area (Å²) in [4.78, 5) is 0.987. The van der Waals surface area contributed by atoms with Gasteiger partial charge in [-0.2, -0.15) is 0 Å². The molecule has 0 saturated carbocycles. The third kappa shape index (κ3) is 1.84. The minimum atomic E-state index is -0.221. The van der Waals surface area contributed by atoms with Gasteiger partial charge in [0.15, 0.2) is 0 Å². The number of anilines is 1. The van der Waals surface area contributed by atoms with Gasteiger partial charge in [0.25, 0.3) is 0 Å². The maximum absolute atomic E-state index is 13.4. The molecular weight excluding hydrogens is 221 g/mol. The predicted molar refractivity (Wildman–Crippen MR) is 69.8 cm³/mol. The van der Waals surface area contributed by atoms with Crippen molar-refractivity contribution in [3.63, 3.8) is 0 Å². The van der Waals surface area contributed by atoms with E-state index in [1.54, 1.807) is 12.1 Å². The van der Waals surface area contributed by atoms with E-state index < -0.39 is 0 Å². The molecule has 0 amide bonds. The summed E-state index contributed by atoms with van der Waals surface area (Å²) < 4.78 is 13.4. The monoisotopic (exact) mass is 237 g/mol. The highest BCUT2D eigenvalue weighted by Crippen LogP contribution is 2.32. The van der Waals surface area contributed by atoms with Crippen LogP contribution in [0.5, 0.6) is 0 Å². The molecule has 0 bridgehead atoms. The molecule has 1 aromatic rings. The van der Waals surface area contributed by atoms with Crippen molar-refractivity contribution in [3.05, 3.63) is 29.1 Å². The van der Waals surface area contributed by atoms with Crippen LogP contribution in [0, 0.1) is 5.82 Å². The first kappa shape index (κ1) is 11.5. The number of aryl methyl sites for hydroxylation is 1. The van der Waals surface area contributed by atoms with E-state index in [1.165, 1.54) is 0 Å². The third-order valence-electron chi connectivity index (χ3n) is 3.17. The van der Waals surface area contributed by atoms with Crippen molar-refractivity contribution in [2.45, 2.75) is 39.2 Å². The zero-order valence-electron chi connectivity index (χ0n) is 9.86. The predicted octanol–water partition coefficient (Wildman–Crippen LogP) is 3.50. The fourth-order valence-corrected chi connectivity index (χ4v) is 2.31. The average molecular weight is 237 g/mol. The molecule has 1 heterocycles. The van der Waals surface area contributed by atoms with Crippen molar-refractivity contribution in [2.75, 3.05) is 5.32 Å². The van der Waals surface area contributed by atoms with E-state index in [1.807, 2.05) is 20.8 Å². The number of fused-ring (bicyclic) bond motifs is 1. The van der Waals surface area contributed by atoms with Crippen LogP contribution in [0.25, 0.3) is 0 Å². The van der Waals surface area contributed by atoms with Gasteiger partial charge in [0.1, 0.15) is 5.82 Å². The molecule has 86 valence electrons. The van der Waals surface area contributed by atoms with E-state index in [0.717, 1.165) is 34.5 Å². The lowest BCUT2D eigenvalue weighted by atomic mass is 9.86. The average Bonchev–Trinajstić information content (AvgIpc) is 2.19. The van der Waals surface area contributed by atoms with E-state index in [2.05, 4.69) is 5.32 Å². The highest BCUT2D eigenvalue weighted by molar-refractivity contribution is 7.80. The van der Waals surface area contributed by atoms with Crippen LogP contribution in [0.4, 0.5) is 10.1 Å². The fraction of sp³-hybridized carbons (Fsp3) is 0.462. The standard InChI is InChI=1S/C13H16FNS/c1-4-8-5-9(14)6-11-10(8)7-12(16)13(2,3)15-11/h5-6,15H,4,7H2,1-3H3. The lowest BCUT2D eigenvalue weighted by Crippen LogP contribution is -2.44. The Balaban J connectivity index is 2.54. The van der Waals surface area contributed by atoms with Gasteiger partial charge in [-0.1, -0.05) is 19.1 Å². The Hall–Kier alpha value is -0.960. The summed E-state index contributed by atoms with van der Waals surface area (Å²) in [6.07, 6.45) is 1.61. The summed E-state index contributed by atoms with van der Waals surface area (Å²) >= 11 is 5.40. The molecule has 0 radical (unpaired) electrons. The van der Waals surface area contributed by atoms with Crippen molar-refractivity contribution >= 4 is 22.8 Å². The number of hydrogen-bond acceptors (Lipinski definition) is 2. The summed E-state index contributed by atoms with van der Waals surface area (Å²) in [5, 5.41) is 3.32. The highest BCUT2D eigenvalue weighted by atomic mass is 32.1. The van der Waals surface area contributed by atoms with E-state index in [-0.39, 0.29) is 11.4 Å². The Kier molecular flexibility index (Phi) is 2.74. The Morgan fingerprint density at radius 2 is 2.12 bits per heavy atom. The van der Waals surface area contributed by atoms with Gasteiger partial charge in [0.2, 0.25) is 0 Å². The molecular formula is C13H16FNS. The second kappa shape index (κ2) is 3.81. The van der Waals surface area contributed by atoms with Gasteiger partial charge >= 0.3 is 0 Å². The number of benzene rings is 1. The Labute approximate surface area is 101 Å². The Morgan fingerprint density at radius 1 is 1.44 bits per heavy atom. The highest BCUT2D eigenvalue weighted by Gasteiger charge is 2.30. The topological polar surface area (TPSA) is 12.0 Å². The lowest BCUT2D eigenvalue weighted by Gasteiger charge is -2.35. The lowest BCUT2D eigenvalue weighted by molar-refractivity contribution is 0.623. The SMILES string of the molecule is CCc1cc(F)cc2c1CC(=S)C(C)(C)N2. The summed E-state index contributed by atoms with van der Waals surface area (Å²) in [5.74, 6) is -0.174. The number of rotatable bonds is 1. The first-order valence-corrected chi connectivity index (χ1v) is 5.97. The maximum Gasteiger partial charge on any atom is 0.125 e. The summed E-state index contributed by atoms with van der Waals surface area (Å²) in [5.41, 5.74) is 2.89. The van der Waals surface area contributed by atoms with Gasteiger partial charge < -0.3 is 5.32 Å². The molecule has 0 saturated heterocycles. The van der Waals surface area contributed by atoms with Crippen LogP contribution in [0.1, 0.15) is 31.9 Å². The smallest absolute Gasteiger partial charge is 0.125 e. The van der Waals surface area contributed by atoms with Crippen molar-refractivity contribution in [3.8, 4) is 0 Å². The number of hydrogen-bond donors (Lipinski definition) is 1. The minimum Gasteiger partial charge on any atom is -0.375 e. The third-order valence-corrected chi connectivity index (χ3v) is 3.82.